The minimum absolute atomic E-state index is 0.844. The van der Waals surface area contributed by atoms with Gasteiger partial charge >= 0.3 is 0 Å². The molecule has 0 unspecified atom stereocenters. The molecule has 1 aliphatic heterocycles. The van der Waals surface area contributed by atoms with E-state index < -0.39 is 0 Å². The molecule has 1 N–H and O–H groups in total. The Balaban J connectivity index is 1.46. The molecule has 0 amide bonds. The van der Waals surface area contributed by atoms with Gasteiger partial charge in [0, 0.05) is 55.6 Å². The van der Waals surface area contributed by atoms with E-state index in [0.29, 0.717) is 0 Å². The Morgan fingerprint density at radius 1 is 1.25 bits per heavy atom. The smallest absolute Gasteiger partial charge is 0.194 e. The number of piperazine rings is 1. The van der Waals surface area contributed by atoms with Gasteiger partial charge < -0.3 is 14.7 Å². The second kappa shape index (κ2) is 8.30. The predicted molar refractivity (Wildman–Crippen MR) is 97.2 cm³/mol. The predicted octanol–water partition coefficient (Wildman–Crippen LogP) is 2.19. The number of thiophene rings is 1. The lowest BCUT2D eigenvalue weighted by molar-refractivity contribution is 0.169. The van der Waals surface area contributed by atoms with E-state index in [1.165, 1.54) is 9.75 Å². The van der Waals surface area contributed by atoms with E-state index in [9.17, 15) is 0 Å². The van der Waals surface area contributed by atoms with Crippen molar-refractivity contribution in [1.29, 1.82) is 0 Å². The van der Waals surface area contributed by atoms with E-state index in [4.69, 9.17) is 4.52 Å². The van der Waals surface area contributed by atoms with Gasteiger partial charge in [-0.15, -0.1) is 11.3 Å². The molecule has 1 aliphatic rings. The molecule has 24 heavy (non-hydrogen) atoms. The van der Waals surface area contributed by atoms with Crippen LogP contribution >= 0.6 is 11.3 Å². The van der Waals surface area contributed by atoms with Crippen molar-refractivity contribution in [2.75, 3.05) is 33.2 Å². The number of hydrogen-bond donors (Lipinski definition) is 1. The number of nitrogens with one attached hydrogen (secondary N) is 1. The fourth-order valence-electron chi connectivity index (χ4n) is 2.87. The van der Waals surface area contributed by atoms with Crippen molar-refractivity contribution in [1.82, 2.24) is 20.3 Å². The second-order valence-electron chi connectivity index (χ2n) is 5.88. The van der Waals surface area contributed by atoms with Crippen LogP contribution in [-0.4, -0.2) is 54.1 Å². The molecule has 7 heteroatoms. The molecule has 130 valence electrons. The Kier molecular flexibility index (Phi) is 5.87. The Labute approximate surface area is 147 Å². The van der Waals surface area contributed by atoms with Crippen LogP contribution in [0.3, 0.4) is 0 Å². The van der Waals surface area contributed by atoms with Crippen molar-refractivity contribution < 1.29 is 4.52 Å². The van der Waals surface area contributed by atoms with Gasteiger partial charge in [-0.1, -0.05) is 12.1 Å². The van der Waals surface area contributed by atoms with Crippen LogP contribution in [-0.2, 0) is 19.5 Å². The summed E-state index contributed by atoms with van der Waals surface area (Å²) in [6.45, 7) is 7.85. The first-order valence-corrected chi connectivity index (χ1v) is 9.25. The van der Waals surface area contributed by atoms with E-state index in [1.54, 1.807) is 6.26 Å². The molecule has 1 saturated heterocycles. The quantitative estimate of drug-likeness (QED) is 0.664. The summed E-state index contributed by atoms with van der Waals surface area (Å²) < 4.78 is 4.90. The first-order valence-electron chi connectivity index (χ1n) is 8.43. The van der Waals surface area contributed by atoms with Gasteiger partial charge in [0.15, 0.2) is 5.96 Å². The number of nitrogens with zero attached hydrogens (tertiary/aromatic N) is 4. The fraction of sp³-hybridized carbons (Fsp3) is 0.529. The molecule has 2 aromatic heterocycles. The summed E-state index contributed by atoms with van der Waals surface area (Å²) in [7, 11) is 1.86. The van der Waals surface area contributed by atoms with Crippen molar-refractivity contribution >= 4 is 17.3 Å². The lowest BCUT2D eigenvalue weighted by atomic mass is 10.3. The molecule has 0 atom stereocenters. The minimum atomic E-state index is 0.844. The number of hydrogen-bond acceptors (Lipinski definition) is 5. The zero-order chi connectivity index (χ0) is 16.8. The normalized spacial score (nSPS) is 16.6. The highest BCUT2D eigenvalue weighted by Crippen LogP contribution is 2.16. The van der Waals surface area contributed by atoms with Crippen LogP contribution in [0.2, 0.25) is 0 Å². The second-order valence-corrected chi connectivity index (χ2v) is 7.13. The number of aromatic nitrogens is 1. The summed E-state index contributed by atoms with van der Waals surface area (Å²) >= 11 is 1.87. The van der Waals surface area contributed by atoms with Crippen molar-refractivity contribution in [3.05, 3.63) is 39.9 Å². The van der Waals surface area contributed by atoms with Gasteiger partial charge in [-0.05, 0) is 18.6 Å². The summed E-state index contributed by atoms with van der Waals surface area (Å²) in [6, 6.07) is 6.35. The lowest BCUT2D eigenvalue weighted by Gasteiger charge is -2.36. The largest absolute Gasteiger partial charge is 0.364 e. The molecule has 1 fully saturated rings. The van der Waals surface area contributed by atoms with Gasteiger partial charge in [0.25, 0.3) is 0 Å². The van der Waals surface area contributed by atoms with Crippen LogP contribution in [0, 0.1) is 0 Å². The van der Waals surface area contributed by atoms with Crippen molar-refractivity contribution in [2.24, 2.45) is 4.99 Å². The average molecular weight is 347 g/mol. The molecular formula is C17H25N5OS. The molecule has 0 radical (unpaired) electrons. The average Bonchev–Trinajstić information content (AvgIpc) is 3.28. The molecule has 2 aromatic rings. The Bertz CT molecular complexity index is 644. The number of aliphatic imine (C=N–C) groups is 1. The molecule has 0 bridgehead atoms. The number of aryl methyl sites for hydroxylation is 1. The minimum Gasteiger partial charge on any atom is -0.364 e. The first kappa shape index (κ1) is 17.0. The third-order valence-electron chi connectivity index (χ3n) is 4.25. The zero-order valence-corrected chi connectivity index (χ0v) is 15.2. The van der Waals surface area contributed by atoms with Crippen LogP contribution in [0.4, 0.5) is 0 Å². The van der Waals surface area contributed by atoms with Gasteiger partial charge in [0.05, 0.1) is 12.2 Å². The van der Waals surface area contributed by atoms with E-state index in [-0.39, 0.29) is 0 Å². The highest BCUT2D eigenvalue weighted by atomic mass is 32.1. The van der Waals surface area contributed by atoms with Crippen LogP contribution in [0.15, 0.2) is 34.0 Å². The van der Waals surface area contributed by atoms with Gasteiger partial charge in [-0.3, -0.25) is 9.89 Å². The molecule has 0 saturated carbocycles. The molecule has 6 nitrogen and oxygen atoms in total. The van der Waals surface area contributed by atoms with Crippen LogP contribution < -0.4 is 5.32 Å². The first-order chi connectivity index (χ1) is 11.8. The van der Waals surface area contributed by atoms with E-state index in [2.05, 4.69) is 44.3 Å². The van der Waals surface area contributed by atoms with Crippen molar-refractivity contribution in [3.8, 4) is 0 Å². The van der Waals surface area contributed by atoms with E-state index in [0.717, 1.165) is 57.3 Å². The molecule has 0 spiro atoms. The molecule has 3 heterocycles. The third kappa shape index (κ3) is 4.36. The summed E-state index contributed by atoms with van der Waals surface area (Å²) in [5, 5.41) is 7.48. The fourth-order valence-corrected chi connectivity index (χ4v) is 3.77. The van der Waals surface area contributed by atoms with Crippen molar-refractivity contribution in [3.63, 3.8) is 0 Å². The molecule has 0 aromatic carbocycles. The van der Waals surface area contributed by atoms with Gasteiger partial charge in [-0.2, -0.15) is 0 Å². The summed E-state index contributed by atoms with van der Waals surface area (Å²) in [4.78, 5) is 12.0. The topological polar surface area (TPSA) is 56.9 Å². The molecule has 0 aliphatic carbocycles. The van der Waals surface area contributed by atoms with Crippen molar-refractivity contribution in [2.45, 2.75) is 26.4 Å². The Morgan fingerprint density at radius 3 is 2.67 bits per heavy atom. The number of guanidine groups is 1. The third-order valence-corrected chi connectivity index (χ3v) is 5.48. The lowest BCUT2D eigenvalue weighted by Crippen LogP contribution is -2.52. The summed E-state index contributed by atoms with van der Waals surface area (Å²) in [6.07, 6.45) is 2.73. The van der Waals surface area contributed by atoms with Crippen LogP contribution in [0.1, 0.15) is 22.4 Å². The monoisotopic (exact) mass is 347 g/mol. The maximum atomic E-state index is 4.90. The molecule has 3 rings (SSSR count). The zero-order valence-electron chi connectivity index (χ0n) is 14.4. The highest BCUT2D eigenvalue weighted by Gasteiger charge is 2.20. The van der Waals surface area contributed by atoms with Gasteiger partial charge in [-0.25, -0.2) is 0 Å². The standard InChI is InChI=1S/C17H25N5OS/c1-3-15-4-5-16(24-15)12-19-17(18-2)22-9-7-21(8-10-22)13-14-6-11-23-20-14/h4-6,11H,3,7-10,12-13H2,1-2H3,(H,18,19). The van der Waals surface area contributed by atoms with E-state index in [1.807, 2.05) is 24.5 Å². The van der Waals surface area contributed by atoms with Gasteiger partial charge in [0.2, 0.25) is 0 Å². The van der Waals surface area contributed by atoms with Crippen LogP contribution in [0.5, 0.6) is 0 Å². The summed E-state index contributed by atoms with van der Waals surface area (Å²) in [5.41, 5.74) is 0.996. The van der Waals surface area contributed by atoms with Gasteiger partial charge in [0.1, 0.15) is 6.26 Å². The molecular weight excluding hydrogens is 322 g/mol. The van der Waals surface area contributed by atoms with Crippen LogP contribution in [0.25, 0.3) is 0 Å². The number of rotatable bonds is 5. The Hall–Kier alpha value is -1.86. The highest BCUT2D eigenvalue weighted by molar-refractivity contribution is 7.11. The van der Waals surface area contributed by atoms with E-state index >= 15 is 0 Å². The maximum Gasteiger partial charge on any atom is 0.194 e. The maximum absolute atomic E-state index is 4.90. The summed E-state index contributed by atoms with van der Waals surface area (Å²) in [5.74, 6) is 0.988. The Morgan fingerprint density at radius 2 is 2.04 bits per heavy atom. The SMILES string of the molecule is CCc1ccc(CNC(=NC)N2CCN(Cc3ccon3)CC2)s1.